The molecule has 0 aliphatic carbocycles. The lowest BCUT2D eigenvalue weighted by Gasteiger charge is -2.36. The number of benzene rings is 1. The van der Waals surface area contributed by atoms with E-state index in [4.69, 9.17) is 4.43 Å². The highest BCUT2D eigenvalue weighted by molar-refractivity contribution is 6.74. The molecule has 4 heteroatoms. The first kappa shape index (κ1) is 13.3. The number of nitrogens with one attached hydrogen (secondary N) is 1. The predicted molar refractivity (Wildman–Crippen MR) is 78.1 cm³/mol. The van der Waals surface area contributed by atoms with Crippen molar-refractivity contribution in [2.75, 3.05) is 0 Å². The van der Waals surface area contributed by atoms with Crippen molar-refractivity contribution in [3.8, 4) is 0 Å². The van der Waals surface area contributed by atoms with Crippen LogP contribution in [0.25, 0.3) is 10.9 Å². The molecule has 1 heterocycles. The number of fused-ring (bicyclic) bond motifs is 1. The van der Waals surface area contributed by atoms with Crippen LogP contribution in [0.2, 0.25) is 18.1 Å². The van der Waals surface area contributed by atoms with E-state index in [0.717, 1.165) is 10.9 Å². The summed E-state index contributed by atoms with van der Waals surface area (Å²) in [5, 5.41) is 8.49. The van der Waals surface area contributed by atoms with Gasteiger partial charge in [-0.1, -0.05) is 32.9 Å². The van der Waals surface area contributed by atoms with E-state index in [1.54, 1.807) is 0 Å². The van der Waals surface area contributed by atoms with Crippen molar-refractivity contribution in [2.24, 2.45) is 0 Å². The van der Waals surface area contributed by atoms with Crippen LogP contribution < -0.4 is 0 Å². The summed E-state index contributed by atoms with van der Waals surface area (Å²) >= 11 is 0. The minimum Gasteiger partial charge on any atom is -0.413 e. The summed E-state index contributed by atoms with van der Waals surface area (Å²) in [5.74, 6) is 0. The molecule has 0 fully saturated rings. The van der Waals surface area contributed by atoms with Gasteiger partial charge in [-0.15, -0.1) is 0 Å². The zero-order valence-corrected chi connectivity index (χ0v) is 12.9. The maximum atomic E-state index is 6.25. The number of hydrogen-bond acceptors (Lipinski definition) is 2. The van der Waals surface area contributed by atoms with Crippen LogP contribution in [-0.2, 0) is 11.0 Å². The van der Waals surface area contributed by atoms with Gasteiger partial charge in [0.15, 0.2) is 8.32 Å². The Morgan fingerprint density at radius 3 is 2.67 bits per heavy atom. The maximum Gasteiger partial charge on any atom is 0.192 e. The second kappa shape index (κ2) is 4.52. The molecule has 18 heavy (non-hydrogen) atoms. The Hall–Kier alpha value is -1.13. The quantitative estimate of drug-likeness (QED) is 0.846. The first-order valence-electron chi connectivity index (χ1n) is 6.36. The van der Waals surface area contributed by atoms with Crippen LogP contribution in [0.1, 0.15) is 26.3 Å². The van der Waals surface area contributed by atoms with Crippen molar-refractivity contribution >= 4 is 19.2 Å². The van der Waals surface area contributed by atoms with Gasteiger partial charge in [-0.3, -0.25) is 5.10 Å². The number of rotatable bonds is 3. The van der Waals surface area contributed by atoms with E-state index in [-0.39, 0.29) is 5.04 Å². The Morgan fingerprint density at radius 2 is 2.00 bits per heavy atom. The Bertz CT molecular complexity index is 540. The van der Waals surface area contributed by atoms with Crippen molar-refractivity contribution in [3.63, 3.8) is 0 Å². The number of H-pyrrole nitrogens is 1. The molecule has 0 saturated carbocycles. The van der Waals surface area contributed by atoms with E-state index in [1.807, 2.05) is 18.3 Å². The normalized spacial score (nSPS) is 13.2. The van der Waals surface area contributed by atoms with E-state index >= 15 is 0 Å². The van der Waals surface area contributed by atoms with Gasteiger partial charge in [-0.25, -0.2) is 0 Å². The lowest BCUT2D eigenvalue weighted by molar-refractivity contribution is 0.277. The third kappa shape index (κ3) is 2.49. The van der Waals surface area contributed by atoms with Crippen LogP contribution >= 0.6 is 0 Å². The zero-order valence-electron chi connectivity index (χ0n) is 11.9. The second-order valence-corrected chi connectivity index (χ2v) is 11.1. The molecule has 1 aromatic carbocycles. The first-order chi connectivity index (χ1) is 8.31. The smallest absolute Gasteiger partial charge is 0.192 e. The Labute approximate surface area is 110 Å². The van der Waals surface area contributed by atoms with Crippen molar-refractivity contribution in [3.05, 3.63) is 30.0 Å². The Balaban J connectivity index is 2.18. The van der Waals surface area contributed by atoms with Gasteiger partial charge in [0.05, 0.1) is 18.3 Å². The molecule has 98 valence electrons. The van der Waals surface area contributed by atoms with Crippen molar-refractivity contribution < 1.29 is 4.43 Å². The Morgan fingerprint density at radius 1 is 1.28 bits per heavy atom. The van der Waals surface area contributed by atoms with E-state index in [2.05, 4.69) is 50.1 Å². The molecule has 1 N–H and O–H groups in total. The van der Waals surface area contributed by atoms with Crippen LogP contribution in [-0.4, -0.2) is 18.5 Å². The van der Waals surface area contributed by atoms with Gasteiger partial charge >= 0.3 is 0 Å². The molecule has 0 unspecified atom stereocenters. The van der Waals surface area contributed by atoms with Crippen molar-refractivity contribution in [1.82, 2.24) is 10.2 Å². The topological polar surface area (TPSA) is 37.9 Å². The monoisotopic (exact) mass is 262 g/mol. The molecular formula is C14H22N2OSi. The summed E-state index contributed by atoms with van der Waals surface area (Å²) in [6.45, 7) is 12.0. The number of nitrogens with zero attached hydrogens (tertiary/aromatic N) is 1. The largest absolute Gasteiger partial charge is 0.413 e. The van der Waals surface area contributed by atoms with Crippen LogP contribution in [0, 0.1) is 0 Å². The molecule has 0 aliphatic rings. The summed E-state index contributed by atoms with van der Waals surface area (Å²) in [5.41, 5.74) is 2.29. The lowest BCUT2D eigenvalue weighted by atomic mass is 10.1. The van der Waals surface area contributed by atoms with Gasteiger partial charge < -0.3 is 4.43 Å². The fourth-order valence-electron chi connectivity index (χ4n) is 1.63. The molecule has 0 saturated heterocycles. The maximum absolute atomic E-state index is 6.25. The predicted octanol–water partition coefficient (Wildman–Crippen LogP) is 4.08. The van der Waals surface area contributed by atoms with E-state index in [9.17, 15) is 0 Å². The van der Waals surface area contributed by atoms with Crippen molar-refractivity contribution in [2.45, 2.75) is 45.5 Å². The molecule has 2 aromatic rings. The van der Waals surface area contributed by atoms with E-state index < -0.39 is 8.32 Å². The third-order valence-corrected chi connectivity index (χ3v) is 8.45. The van der Waals surface area contributed by atoms with Gasteiger partial charge in [-0.2, -0.15) is 5.10 Å². The highest BCUT2D eigenvalue weighted by Gasteiger charge is 2.37. The van der Waals surface area contributed by atoms with Gasteiger partial charge in [-0.05, 0) is 29.8 Å². The van der Waals surface area contributed by atoms with Crippen LogP contribution in [0.4, 0.5) is 0 Å². The lowest BCUT2D eigenvalue weighted by Crippen LogP contribution is -2.40. The summed E-state index contributed by atoms with van der Waals surface area (Å²) in [6.07, 6.45) is 1.87. The summed E-state index contributed by atoms with van der Waals surface area (Å²) in [6, 6.07) is 6.20. The SMILES string of the molecule is CC(C)(C)[Si](C)(C)OCc1cccc2[nH]ncc12. The van der Waals surface area contributed by atoms with E-state index in [0.29, 0.717) is 6.61 Å². The van der Waals surface area contributed by atoms with Gasteiger partial charge in [0.1, 0.15) is 0 Å². The Kier molecular flexibility index (Phi) is 3.34. The van der Waals surface area contributed by atoms with Gasteiger partial charge in [0.25, 0.3) is 0 Å². The molecule has 0 spiro atoms. The number of aromatic amines is 1. The molecule has 0 bridgehead atoms. The third-order valence-electron chi connectivity index (χ3n) is 3.97. The molecule has 0 radical (unpaired) electrons. The molecule has 3 nitrogen and oxygen atoms in total. The zero-order chi connectivity index (χ0) is 13.4. The minimum absolute atomic E-state index is 0.247. The molecule has 0 aliphatic heterocycles. The molecule has 0 atom stereocenters. The molecule has 1 aromatic heterocycles. The first-order valence-corrected chi connectivity index (χ1v) is 9.27. The highest BCUT2D eigenvalue weighted by atomic mass is 28.4. The van der Waals surface area contributed by atoms with Crippen LogP contribution in [0.5, 0.6) is 0 Å². The summed E-state index contributed by atoms with van der Waals surface area (Å²) in [4.78, 5) is 0. The highest BCUT2D eigenvalue weighted by Crippen LogP contribution is 2.37. The molecule has 0 amide bonds. The number of hydrogen-bond donors (Lipinski definition) is 1. The molecular weight excluding hydrogens is 240 g/mol. The standard InChI is InChI=1S/C14H22N2OSi/c1-14(2,3)18(4,5)17-10-11-7-6-8-13-12(11)9-15-16-13/h6-9H,10H2,1-5H3,(H,15,16). The van der Waals surface area contributed by atoms with Crippen LogP contribution in [0.3, 0.4) is 0 Å². The average molecular weight is 262 g/mol. The summed E-state index contributed by atoms with van der Waals surface area (Å²) in [7, 11) is -1.69. The average Bonchev–Trinajstić information content (AvgIpc) is 2.73. The minimum atomic E-state index is -1.69. The fraction of sp³-hybridized carbons (Fsp3) is 0.500. The molecule has 2 rings (SSSR count). The van der Waals surface area contributed by atoms with Gasteiger partial charge in [0, 0.05) is 5.39 Å². The summed E-state index contributed by atoms with van der Waals surface area (Å²) < 4.78 is 6.25. The fourth-order valence-corrected chi connectivity index (χ4v) is 2.58. The van der Waals surface area contributed by atoms with Crippen LogP contribution in [0.15, 0.2) is 24.4 Å². The van der Waals surface area contributed by atoms with E-state index in [1.165, 1.54) is 5.56 Å². The van der Waals surface area contributed by atoms with Crippen molar-refractivity contribution in [1.29, 1.82) is 0 Å². The number of aromatic nitrogens is 2. The van der Waals surface area contributed by atoms with Gasteiger partial charge in [0.2, 0.25) is 0 Å². The second-order valence-electron chi connectivity index (χ2n) is 6.30.